The van der Waals surface area contributed by atoms with Crippen LogP contribution in [0.15, 0.2) is 54.7 Å². The van der Waals surface area contributed by atoms with Crippen molar-refractivity contribution >= 4 is 17.7 Å². The maximum Gasteiger partial charge on any atom is 0.320 e. The van der Waals surface area contributed by atoms with Gasteiger partial charge in [-0.3, -0.25) is 4.79 Å². The number of carboxylic acid groups (broad SMARTS) is 1. The lowest BCUT2D eigenvalue weighted by molar-refractivity contribution is -0.139. The van der Waals surface area contributed by atoms with E-state index in [0.29, 0.717) is 12.3 Å². The Hall–Kier alpha value is -4.44. The van der Waals surface area contributed by atoms with E-state index in [4.69, 9.17) is 10.5 Å². The van der Waals surface area contributed by atoms with Crippen molar-refractivity contribution < 1.29 is 14.6 Å². The molecule has 10 nitrogen and oxygen atoms in total. The van der Waals surface area contributed by atoms with Gasteiger partial charge in [0, 0.05) is 37.5 Å². The topological polar surface area (TPSA) is 131 Å². The number of aliphatic carboxylic acids is 1. The molecule has 0 radical (unpaired) electrons. The van der Waals surface area contributed by atoms with Gasteiger partial charge in [-0.1, -0.05) is 30.3 Å². The van der Waals surface area contributed by atoms with Crippen LogP contribution in [-0.2, 0) is 11.4 Å². The number of carboxylic acids is 1. The van der Waals surface area contributed by atoms with E-state index >= 15 is 0 Å². The van der Waals surface area contributed by atoms with Crippen LogP contribution in [0.4, 0.5) is 11.8 Å². The fourth-order valence-corrected chi connectivity index (χ4v) is 6.05. The minimum absolute atomic E-state index is 0.0160. The molecule has 10 heteroatoms. The van der Waals surface area contributed by atoms with Crippen LogP contribution in [0.5, 0.6) is 5.88 Å². The normalized spacial score (nSPS) is 18.0. The van der Waals surface area contributed by atoms with Crippen molar-refractivity contribution in [3.63, 3.8) is 0 Å². The summed E-state index contributed by atoms with van der Waals surface area (Å²) in [6.45, 7) is 8.78. The molecular weight excluding hydrogens is 530 g/mol. The van der Waals surface area contributed by atoms with Gasteiger partial charge in [0.1, 0.15) is 18.5 Å². The second-order valence-corrected chi connectivity index (χ2v) is 11.7. The van der Waals surface area contributed by atoms with Crippen molar-refractivity contribution in [1.82, 2.24) is 25.1 Å². The maximum absolute atomic E-state index is 11.4. The molecule has 1 atom stereocenters. The Morgan fingerprint density at radius 2 is 1.81 bits per heavy atom. The number of carbonyl (C=O) groups is 1. The highest BCUT2D eigenvalue weighted by atomic mass is 16.5. The lowest BCUT2D eigenvalue weighted by atomic mass is 9.76. The maximum atomic E-state index is 11.4. The zero-order valence-corrected chi connectivity index (χ0v) is 24.3. The van der Waals surface area contributed by atoms with E-state index in [-0.39, 0.29) is 18.0 Å². The monoisotopic (exact) mass is 567 g/mol. The van der Waals surface area contributed by atoms with Crippen molar-refractivity contribution in [2.45, 2.75) is 52.7 Å². The van der Waals surface area contributed by atoms with Gasteiger partial charge in [-0.25, -0.2) is 4.68 Å². The van der Waals surface area contributed by atoms with Crippen LogP contribution in [0.25, 0.3) is 16.8 Å². The number of rotatable bonds is 7. The molecule has 2 aliphatic rings. The average molecular weight is 568 g/mol. The number of nitrogens with one attached hydrogen (secondary N) is 1. The zero-order chi connectivity index (χ0) is 29.4. The van der Waals surface area contributed by atoms with Gasteiger partial charge in [-0.2, -0.15) is 15.1 Å². The number of nitrogens with two attached hydrogens (primary N) is 1. The summed E-state index contributed by atoms with van der Waals surface area (Å²) in [4.78, 5) is 22.5. The second kappa shape index (κ2) is 11.1. The number of benzene rings is 2. The van der Waals surface area contributed by atoms with Gasteiger partial charge in [0.25, 0.3) is 0 Å². The van der Waals surface area contributed by atoms with E-state index in [1.807, 2.05) is 29.9 Å². The Balaban J connectivity index is 1.20. The number of hydrogen-bond acceptors (Lipinski definition) is 8. The van der Waals surface area contributed by atoms with Crippen LogP contribution >= 0.6 is 0 Å². The third-order valence-electron chi connectivity index (χ3n) is 8.78. The van der Waals surface area contributed by atoms with Gasteiger partial charge in [0.15, 0.2) is 0 Å². The first kappa shape index (κ1) is 27.7. The number of piperidine rings is 1. The lowest BCUT2D eigenvalue weighted by Gasteiger charge is -2.39. The summed E-state index contributed by atoms with van der Waals surface area (Å²) >= 11 is 0. The fourth-order valence-electron chi connectivity index (χ4n) is 6.05. The molecule has 4 N–H and O–H groups in total. The molecule has 2 saturated heterocycles. The number of nitrogen functional groups attached to an aromatic ring is 1. The van der Waals surface area contributed by atoms with Gasteiger partial charge < -0.3 is 25.8 Å². The first-order valence-electron chi connectivity index (χ1n) is 14.4. The van der Waals surface area contributed by atoms with Crippen molar-refractivity contribution in [1.29, 1.82) is 0 Å². The number of aromatic nitrogens is 4. The summed E-state index contributed by atoms with van der Waals surface area (Å²) in [5.41, 5.74) is 13.7. The molecule has 1 spiro atoms. The van der Waals surface area contributed by atoms with E-state index < -0.39 is 12.0 Å². The summed E-state index contributed by atoms with van der Waals surface area (Å²) in [5, 5.41) is 17.2. The summed E-state index contributed by atoms with van der Waals surface area (Å²) in [6.07, 6.45) is 4.41. The molecule has 0 bridgehead atoms. The smallest absolute Gasteiger partial charge is 0.320 e. The molecule has 4 heterocycles. The molecule has 2 aromatic carbocycles. The van der Waals surface area contributed by atoms with E-state index in [0.717, 1.165) is 66.4 Å². The average Bonchev–Trinajstić information content (AvgIpc) is 3.60. The van der Waals surface area contributed by atoms with Crippen molar-refractivity contribution in [2.24, 2.45) is 5.41 Å². The molecule has 0 saturated carbocycles. The van der Waals surface area contributed by atoms with Crippen LogP contribution in [0.3, 0.4) is 0 Å². The standard InChI is InChI=1S/C32H37N7O3/c1-20-4-5-23(14-21(20)2)24-6-7-25(27(15-24)39-11-8-22(3)37-39)18-42-29-16-28(35-31(33)36-29)38-12-9-32(10-13-38)17-26(30(40)41)34-19-32/h4-8,11,14-16,26,34H,9-10,12-13,17-19H2,1-3H3,(H,40,41)(H2,33,35,36)/t26-/m1/s1. The highest BCUT2D eigenvalue weighted by molar-refractivity contribution is 5.74. The molecule has 2 fully saturated rings. The summed E-state index contributed by atoms with van der Waals surface area (Å²) < 4.78 is 8.10. The second-order valence-electron chi connectivity index (χ2n) is 11.7. The quantitative estimate of drug-likeness (QED) is 0.296. The summed E-state index contributed by atoms with van der Waals surface area (Å²) in [5.74, 6) is 0.517. The van der Waals surface area contributed by atoms with Crippen molar-refractivity contribution in [3.05, 3.63) is 77.1 Å². The number of nitrogens with zero attached hydrogens (tertiary/aromatic N) is 5. The third-order valence-corrected chi connectivity index (χ3v) is 8.78. The molecule has 42 heavy (non-hydrogen) atoms. The molecular formula is C32H37N7O3. The van der Waals surface area contributed by atoms with Gasteiger partial charge in [0.2, 0.25) is 11.8 Å². The first-order chi connectivity index (χ1) is 20.2. The van der Waals surface area contributed by atoms with Crippen molar-refractivity contribution in [2.75, 3.05) is 30.3 Å². The highest BCUT2D eigenvalue weighted by Gasteiger charge is 2.43. The first-order valence-corrected chi connectivity index (χ1v) is 14.4. The molecule has 0 unspecified atom stereocenters. The van der Waals surface area contributed by atoms with E-state index in [9.17, 15) is 9.90 Å². The van der Waals surface area contributed by atoms with E-state index in [1.165, 1.54) is 11.1 Å². The SMILES string of the molecule is Cc1ccn(-c2cc(-c3ccc(C)c(C)c3)ccc2COc2cc(N3CCC4(CC3)CN[C@@H](C(=O)O)C4)nc(N)n2)n1. The Labute approximate surface area is 245 Å². The Morgan fingerprint density at radius 1 is 1.05 bits per heavy atom. The highest BCUT2D eigenvalue weighted by Crippen LogP contribution is 2.40. The number of anilines is 2. The minimum Gasteiger partial charge on any atom is -0.480 e. The molecule has 4 aromatic rings. The van der Waals surface area contributed by atoms with Crippen LogP contribution < -0.4 is 20.7 Å². The summed E-state index contributed by atoms with van der Waals surface area (Å²) in [7, 11) is 0. The van der Waals surface area contributed by atoms with Gasteiger partial charge in [0.05, 0.1) is 11.4 Å². The van der Waals surface area contributed by atoms with Gasteiger partial charge in [-0.05, 0) is 79.8 Å². The predicted octanol–water partition coefficient (Wildman–Crippen LogP) is 4.45. The van der Waals surface area contributed by atoms with Gasteiger partial charge in [-0.15, -0.1) is 0 Å². The number of hydrogen-bond donors (Lipinski definition) is 3. The fraction of sp³-hybridized carbons (Fsp3) is 0.375. The van der Waals surface area contributed by atoms with E-state index in [1.54, 1.807) is 0 Å². The van der Waals surface area contributed by atoms with Crippen LogP contribution in [-0.4, -0.2) is 56.5 Å². The van der Waals surface area contributed by atoms with Crippen LogP contribution in [0.2, 0.25) is 0 Å². The summed E-state index contributed by atoms with van der Waals surface area (Å²) in [6, 6.07) is 16.2. The number of aryl methyl sites for hydroxylation is 3. The zero-order valence-electron chi connectivity index (χ0n) is 24.3. The molecule has 0 aliphatic carbocycles. The van der Waals surface area contributed by atoms with Crippen molar-refractivity contribution in [3.8, 4) is 22.7 Å². The van der Waals surface area contributed by atoms with Crippen LogP contribution in [0, 0.1) is 26.2 Å². The Bertz CT molecular complexity index is 1620. The molecule has 2 aliphatic heterocycles. The molecule has 0 amide bonds. The molecule has 6 rings (SSSR count). The molecule has 2 aromatic heterocycles. The number of ether oxygens (including phenoxy) is 1. The largest absolute Gasteiger partial charge is 0.480 e. The van der Waals surface area contributed by atoms with Crippen LogP contribution in [0.1, 0.15) is 41.6 Å². The predicted molar refractivity (Wildman–Crippen MR) is 162 cm³/mol. The van der Waals surface area contributed by atoms with E-state index in [2.05, 4.69) is 75.5 Å². The minimum atomic E-state index is -0.773. The Kier molecular flexibility index (Phi) is 7.32. The third kappa shape index (κ3) is 5.67. The lowest BCUT2D eigenvalue weighted by Crippen LogP contribution is -2.41. The molecule has 218 valence electrons. The Morgan fingerprint density at radius 3 is 2.50 bits per heavy atom. The van der Waals surface area contributed by atoms with Gasteiger partial charge >= 0.3 is 5.97 Å².